The van der Waals surface area contributed by atoms with E-state index in [0.29, 0.717) is 18.7 Å². The third-order valence-electron chi connectivity index (χ3n) is 2.95. The summed E-state index contributed by atoms with van der Waals surface area (Å²) in [4.78, 5) is 29.2. The van der Waals surface area contributed by atoms with Gasteiger partial charge in [0.25, 0.3) is 0 Å². The first-order valence-corrected chi connectivity index (χ1v) is 6.44. The number of fused-ring (bicyclic) bond motifs is 1. The summed E-state index contributed by atoms with van der Waals surface area (Å²) in [5.41, 5.74) is 7.17. The summed E-state index contributed by atoms with van der Waals surface area (Å²) in [6, 6.07) is 1.71. The number of aromatic nitrogens is 1. The number of hydrogen-bond donors (Lipinski definition) is 1. The summed E-state index contributed by atoms with van der Waals surface area (Å²) in [7, 11) is 0. The first-order chi connectivity index (χ1) is 9.17. The second-order valence-corrected chi connectivity index (χ2v) is 5.92. The fraction of sp³-hybridized carbons (Fsp3) is 0.500. The molecule has 0 spiro atoms. The van der Waals surface area contributed by atoms with Gasteiger partial charge in [-0.05, 0) is 39.3 Å². The molecule has 1 aromatic rings. The summed E-state index contributed by atoms with van der Waals surface area (Å²) >= 11 is 0. The van der Waals surface area contributed by atoms with E-state index in [1.807, 2.05) is 20.8 Å². The maximum Gasteiger partial charge on any atom is 0.410 e. The number of nitrogens with two attached hydrogens (primary N) is 1. The molecule has 1 aliphatic heterocycles. The van der Waals surface area contributed by atoms with Crippen LogP contribution in [0.4, 0.5) is 10.6 Å². The van der Waals surface area contributed by atoms with Crippen LogP contribution in [0.15, 0.2) is 6.07 Å². The van der Waals surface area contributed by atoms with Crippen molar-refractivity contribution in [3.63, 3.8) is 0 Å². The number of hydrogen-bond acceptors (Lipinski definition) is 5. The molecule has 2 N–H and O–H groups in total. The van der Waals surface area contributed by atoms with Crippen LogP contribution in [0.25, 0.3) is 0 Å². The Kier molecular flexibility index (Phi) is 3.41. The van der Waals surface area contributed by atoms with Crippen molar-refractivity contribution in [1.29, 1.82) is 0 Å². The number of nitrogen functional groups attached to an aromatic ring is 1. The third kappa shape index (κ3) is 2.89. The zero-order valence-electron chi connectivity index (χ0n) is 12.2. The number of ether oxygens (including phenoxy) is 1. The van der Waals surface area contributed by atoms with E-state index in [-0.39, 0.29) is 11.6 Å². The smallest absolute Gasteiger partial charge is 0.410 e. The highest BCUT2D eigenvalue weighted by Crippen LogP contribution is 2.26. The summed E-state index contributed by atoms with van der Waals surface area (Å²) in [6.45, 7) is 7.64. The van der Waals surface area contributed by atoms with Gasteiger partial charge >= 0.3 is 6.09 Å². The molecule has 0 aromatic carbocycles. The number of carbonyl (C=O) groups excluding carboxylic acids is 2. The Labute approximate surface area is 117 Å². The van der Waals surface area contributed by atoms with E-state index in [2.05, 4.69) is 4.98 Å². The zero-order valence-corrected chi connectivity index (χ0v) is 12.2. The van der Waals surface area contributed by atoms with Crippen LogP contribution in [-0.2, 0) is 17.8 Å². The zero-order chi connectivity index (χ0) is 15.1. The third-order valence-corrected chi connectivity index (χ3v) is 2.95. The topological polar surface area (TPSA) is 85.5 Å². The van der Waals surface area contributed by atoms with Crippen LogP contribution < -0.4 is 5.73 Å². The number of carbonyl (C=O) groups is 2. The quantitative estimate of drug-likeness (QED) is 0.795. The molecule has 0 unspecified atom stereocenters. The van der Waals surface area contributed by atoms with E-state index in [9.17, 15) is 9.59 Å². The molecule has 108 valence electrons. The van der Waals surface area contributed by atoms with Crippen LogP contribution in [0, 0.1) is 0 Å². The molecule has 0 bridgehead atoms. The van der Waals surface area contributed by atoms with Crippen molar-refractivity contribution >= 4 is 17.7 Å². The molecular formula is C14H19N3O3. The maximum absolute atomic E-state index is 12.0. The van der Waals surface area contributed by atoms with Gasteiger partial charge in [-0.25, -0.2) is 9.78 Å². The van der Waals surface area contributed by atoms with Gasteiger partial charge < -0.3 is 10.5 Å². The van der Waals surface area contributed by atoms with Gasteiger partial charge in [-0.2, -0.15) is 0 Å². The first-order valence-electron chi connectivity index (χ1n) is 6.44. The monoisotopic (exact) mass is 277 g/mol. The SMILES string of the molecule is CC(=O)c1cc2c(nc1N)CN(C(=O)OC(C)(C)C)C2. The number of amides is 1. The highest BCUT2D eigenvalue weighted by molar-refractivity contribution is 5.98. The summed E-state index contributed by atoms with van der Waals surface area (Å²) < 4.78 is 5.32. The molecule has 1 aromatic heterocycles. The second kappa shape index (κ2) is 4.77. The van der Waals surface area contributed by atoms with Gasteiger partial charge in [0.15, 0.2) is 5.78 Å². The summed E-state index contributed by atoms with van der Waals surface area (Å²) in [5, 5.41) is 0. The van der Waals surface area contributed by atoms with Gasteiger partial charge in [0.1, 0.15) is 11.4 Å². The number of anilines is 1. The van der Waals surface area contributed by atoms with Gasteiger partial charge in [0.2, 0.25) is 0 Å². The van der Waals surface area contributed by atoms with Crippen molar-refractivity contribution < 1.29 is 14.3 Å². The van der Waals surface area contributed by atoms with E-state index >= 15 is 0 Å². The molecule has 6 heteroatoms. The van der Waals surface area contributed by atoms with E-state index in [1.165, 1.54) is 6.92 Å². The van der Waals surface area contributed by atoms with Gasteiger partial charge in [-0.1, -0.05) is 0 Å². The Morgan fingerprint density at radius 1 is 1.35 bits per heavy atom. The lowest BCUT2D eigenvalue weighted by Gasteiger charge is -2.23. The standard InChI is InChI=1S/C14H19N3O3/c1-8(18)10-5-9-6-17(7-11(9)16-12(10)15)13(19)20-14(2,3)4/h5H,6-7H2,1-4H3,(H2,15,16). The minimum Gasteiger partial charge on any atom is -0.444 e. The predicted octanol–water partition coefficient (Wildman–Crippen LogP) is 2.12. The van der Waals surface area contributed by atoms with Crippen molar-refractivity contribution in [2.75, 3.05) is 5.73 Å². The molecule has 2 heterocycles. The highest BCUT2D eigenvalue weighted by Gasteiger charge is 2.29. The average Bonchev–Trinajstić information content (AvgIpc) is 2.68. The number of rotatable bonds is 1. The average molecular weight is 277 g/mol. The molecule has 0 atom stereocenters. The number of Topliss-reactive ketones (excluding diaryl/α,β-unsaturated/α-hetero) is 1. The first kappa shape index (κ1) is 14.3. The largest absolute Gasteiger partial charge is 0.444 e. The van der Waals surface area contributed by atoms with E-state index in [4.69, 9.17) is 10.5 Å². The summed E-state index contributed by atoms with van der Waals surface area (Å²) in [5.74, 6) is 0.0795. The van der Waals surface area contributed by atoms with Crippen LogP contribution in [-0.4, -0.2) is 27.4 Å². The van der Waals surface area contributed by atoms with Crippen molar-refractivity contribution in [3.05, 3.63) is 22.9 Å². The van der Waals surface area contributed by atoms with Crippen molar-refractivity contribution in [2.45, 2.75) is 46.4 Å². The van der Waals surface area contributed by atoms with E-state index in [0.717, 1.165) is 11.3 Å². The van der Waals surface area contributed by atoms with Crippen LogP contribution in [0.1, 0.15) is 49.3 Å². The van der Waals surface area contributed by atoms with E-state index < -0.39 is 11.7 Å². The highest BCUT2D eigenvalue weighted by atomic mass is 16.6. The normalized spacial score (nSPS) is 14.1. The summed E-state index contributed by atoms with van der Waals surface area (Å²) in [6.07, 6.45) is -0.390. The number of pyridine rings is 1. The van der Waals surface area contributed by atoms with Gasteiger partial charge in [-0.3, -0.25) is 9.69 Å². The minimum absolute atomic E-state index is 0.131. The van der Waals surface area contributed by atoms with Crippen LogP contribution in [0.3, 0.4) is 0 Å². The number of ketones is 1. The Bertz CT molecular complexity index is 576. The lowest BCUT2D eigenvalue weighted by atomic mass is 10.1. The van der Waals surface area contributed by atoms with E-state index in [1.54, 1.807) is 11.0 Å². The molecule has 0 saturated heterocycles. The molecule has 1 amide bonds. The number of nitrogens with zero attached hydrogens (tertiary/aromatic N) is 2. The molecule has 0 radical (unpaired) electrons. The Morgan fingerprint density at radius 3 is 2.55 bits per heavy atom. The molecule has 2 rings (SSSR count). The van der Waals surface area contributed by atoms with Crippen molar-refractivity contribution in [3.8, 4) is 0 Å². The van der Waals surface area contributed by atoms with Gasteiger partial charge in [0, 0.05) is 0 Å². The van der Waals surface area contributed by atoms with Gasteiger partial charge in [-0.15, -0.1) is 0 Å². The minimum atomic E-state index is -0.539. The molecule has 1 aliphatic rings. The van der Waals surface area contributed by atoms with Crippen LogP contribution in [0.5, 0.6) is 0 Å². The molecule has 0 saturated carbocycles. The van der Waals surface area contributed by atoms with Gasteiger partial charge in [0.05, 0.1) is 24.3 Å². The Morgan fingerprint density at radius 2 is 2.00 bits per heavy atom. The van der Waals surface area contributed by atoms with Crippen LogP contribution >= 0.6 is 0 Å². The Balaban J connectivity index is 2.19. The fourth-order valence-electron chi connectivity index (χ4n) is 2.06. The molecule has 20 heavy (non-hydrogen) atoms. The fourth-order valence-corrected chi connectivity index (χ4v) is 2.06. The molecular weight excluding hydrogens is 258 g/mol. The van der Waals surface area contributed by atoms with Crippen LogP contribution in [0.2, 0.25) is 0 Å². The molecule has 0 aliphatic carbocycles. The second-order valence-electron chi connectivity index (χ2n) is 5.92. The molecule has 0 fully saturated rings. The van der Waals surface area contributed by atoms with Crippen molar-refractivity contribution in [2.24, 2.45) is 0 Å². The predicted molar refractivity (Wildman–Crippen MR) is 74.1 cm³/mol. The van der Waals surface area contributed by atoms with Crippen molar-refractivity contribution in [1.82, 2.24) is 9.88 Å². The maximum atomic E-state index is 12.0. The molecule has 6 nitrogen and oxygen atoms in total. The lowest BCUT2D eigenvalue weighted by Crippen LogP contribution is -2.33. The lowest BCUT2D eigenvalue weighted by molar-refractivity contribution is 0.0240. The Hall–Kier alpha value is -2.11.